The molecule has 0 saturated carbocycles. The smallest absolute Gasteiger partial charge is 0.276 e. The fourth-order valence-electron chi connectivity index (χ4n) is 3.14. The second-order valence-corrected chi connectivity index (χ2v) is 6.26. The number of aromatic nitrogens is 2. The Hall–Kier alpha value is -3.22. The zero-order valence-electron chi connectivity index (χ0n) is 14.4. The first-order valence-corrected chi connectivity index (χ1v) is 8.55. The zero-order valence-corrected chi connectivity index (χ0v) is 14.4. The van der Waals surface area contributed by atoms with Crippen molar-refractivity contribution in [1.82, 2.24) is 9.78 Å². The number of hydrogen-bond acceptors (Lipinski definition) is 3. The quantitative estimate of drug-likeness (QED) is 0.690. The number of anilines is 1. The largest absolute Gasteiger partial charge is 0.487 e. The summed E-state index contributed by atoms with van der Waals surface area (Å²) < 4.78 is 34.0. The molecule has 1 aliphatic rings. The van der Waals surface area contributed by atoms with Gasteiger partial charge in [0.05, 0.1) is 12.6 Å². The van der Waals surface area contributed by atoms with Crippen LogP contribution in [0.4, 0.5) is 14.5 Å². The first-order chi connectivity index (χ1) is 13.2. The van der Waals surface area contributed by atoms with Crippen LogP contribution in [0.1, 0.15) is 16.2 Å². The lowest BCUT2D eigenvalue weighted by Gasteiger charge is -2.34. The minimum atomic E-state index is -0.724. The minimum absolute atomic E-state index is 0.203. The van der Waals surface area contributed by atoms with Crippen LogP contribution in [0.2, 0.25) is 0 Å². The third-order valence-electron chi connectivity index (χ3n) is 4.43. The lowest BCUT2D eigenvalue weighted by Crippen LogP contribution is -2.49. The summed E-state index contributed by atoms with van der Waals surface area (Å²) in [5, 5.41) is 4.37. The Morgan fingerprint density at radius 3 is 2.56 bits per heavy atom. The van der Waals surface area contributed by atoms with Crippen molar-refractivity contribution in [2.24, 2.45) is 0 Å². The van der Waals surface area contributed by atoms with Gasteiger partial charge in [0.1, 0.15) is 36.2 Å². The van der Waals surface area contributed by atoms with Gasteiger partial charge in [0.25, 0.3) is 5.91 Å². The standard InChI is InChI=1S/C20H17F2N3O2/c21-11-17-12-24-19(20(26)25(17)16-8-6-14(22)7-9-16)10-15(23-24)13-27-18-4-2-1-3-5-18/h1-10,17H,11-13H2/t17-/m0/s1. The number of hydrogen-bond donors (Lipinski definition) is 0. The van der Waals surface area contributed by atoms with Gasteiger partial charge in [-0.15, -0.1) is 0 Å². The normalized spacial score (nSPS) is 16.3. The number of halogens is 2. The van der Waals surface area contributed by atoms with Gasteiger partial charge >= 0.3 is 0 Å². The van der Waals surface area contributed by atoms with Crippen LogP contribution < -0.4 is 9.64 Å². The lowest BCUT2D eigenvalue weighted by atomic mass is 10.1. The monoisotopic (exact) mass is 369 g/mol. The van der Waals surface area contributed by atoms with E-state index < -0.39 is 18.5 Å². The van der Waals surface area contributed by atoms with Crippen molar-refractivity contribution in [2.45, 2.75) is 19.2 Å². The van der Waals surface area contributed by atoms with E-state index in [-0.39, 0.29) is 19.1 Å². The molecule has 0 aliphatic carbocycles. The second kappa shape index (κ2) is 7.19. The van der Waals surface area contributed by atoms with E-state index in [1.807, 2.05) is 30.3 Å². The Labute approximate surface area is 154 Å². The summed E-state index contributed by atoms with van der Waals surface area (Å²) in [5.74, 6) is -0.0799. The average molecular weight is 369 g/mol. The highest BCUT2D eigenvalue weighted by Gasteiger charge is 2.35. The number of ether oxygens (including phenoxy) is 1. The molecule has 4 rings (SSSR count). The summed E-state index contributed by atoms with van der Waals surface area (Å²) in [5.41, 5.74) is 1.40. The Morgan fingerprint density at radius 2 is 1.85 bits per heavy atom. The number of benzene rings is 2. The molecule has 0 N–H and O–H groups in total. The fraction of sp³-hybridized carbons (Fsp3) is 0.200. The second-order valence-electron chi connectivity index (χ2n) is 6.26. The molecule has 2 heterocycles. The topological polar surface area (TPSA) is 47.4 Å². The molecule has 0 bridgehead atoms. The summed E-state index contributed by atoms with van der Waals surface area (Å²) in [6.45, 7) is -0.299. The zero-order chi connectivity index (χ0) is 18.8. The third-order valence-corrected chi connectivity index (χ3v) is 4.43. The van der Waals surface area contributed by atoms with Crippen LogP contribution in [0, 0.1) is 5.82 Å². The number of rotatable bonds is 5. The molecule has 2 aromatic carbocycles. The molecular formula is C20H17F2N3O2. The van der Waals surface area contributed by atoms with Crippen molar-refractivity contribution in [1.29, 1.82) is 0 Å². The third kappa shape index (κ3) is 3.40. The van der Waals surface area contributed by atoms with E-state index in [1.165, 1.54) is 33.8 Å². The highest BCUT2D eigenvalue weighted by Crippen LogP contribution is 2.26. The van der Waals surface area contributed by atoms with E-state index in [2.05, 4.69) is 5.10 Å². The van der Waals surface area contributed by atoms with Crippen LogP contribution in [-0.2, 0) is 13.2 Å². The van der Waals surface area contributed by atoms with E-state index in [0.717, 1.165) is 0 Å². The molecule has 1 atom stereocenters. The van der Waals surface area contributed by atoms with Crippen LogP contribution in [-0.4, -0.2) is 28.4 Å². The van der Waals surface area contributed by atoms with Gasteiger partial charge in [-0.25, -0.2) is 8.78 Å². The maximum absolute atomic E-state index is 13.6. The SMILES string of the molecule is O=C1c2cc(COc3ccccc3)nn2C[C@H](CF)N1c1ccc(F)cc1. The molecule has 27 heavy (non-hydrogen) atoms. The summed E-state index contributed by atoms with van der Waals surface area (Å²) in [6.07, 6.45) is 0. The van der Waals surface area contributed by atoms with Crippen molar-refractivity contribution in [3.8, 4) is 5.75 Å². The first kappa shape index (κ1) is 17.2. The number of alkyl halides is 1. The molecule has 1 aliphatic heterocycles. The van der Waals surface area contributed by atoms with Crippen molar-refractivity contribution < 1.29 is 18.3 Å². The van der Waals surface area contributed by atoms with Gasteiger partial charge in [-0.1, -0.05) is 18.2 Å². The summed E-state index contributed by atoms with van der Waals surface area (Å²) in [6, 6.07) is 15.7. The van der Waals surface area contributed by atoms with Crippen LogP contribution >= 0.6 is 0 Å². The van der Waals surface area contributed by atoms with Crippen LogP contribution in [0.15, 0.2) is 60.7 Å². The number of para-hydroxylation sites is 1. The minimum Gasteiger partial charge on any atom is -0.487 e. The average Bonchev–Trinajstić information content (AvgIpc) is 3.11. The molecule has 138 valence electrons. The summed E-state index contributed by atoms with van der Waals surface area (Å²) in [7, 11) is 0. The maximum Gasteiger partial charge on any atom is 0.276 e. The van der Waals surface area contributed by atoms with E-state index >= 15 is 0 Å². The molecule has 0 radical (unpaired) electrons. The Kier molecular flexibility index (Phi) is 4.58. The van der Waals surface area contributed by atoms with Gasteiger partial charge in [-0.2, -0.15) is 5.10 Å². The molecule has 5 nitrogen and oxygen atoms in total. The number of carbonyl (C=O) groups excluding carboxylic acids is 1. The molecule has 0 fully saturated rings. The molecule has 0 unspecified atom stereocenters. The van der Waals surface area contributed by atoms with Crippen molar-refractivity contribution in [3.05, 3.63) is 77.9 Å². The number of nitrogens with zero attached hydrogens (tertiary/aromatic N) is 3. The van der Waals surface area contributed by atoms with Crippen LogP contribution in [0.25, 0.3) is 0 Å². The van der Waals surface area contributed by atoms with Crippen LogP contribution in [0.3, 0.4) is 0 Å². The lowest BCUT2D eigenvalue weighted by molar-refractivity contribution is 0.0936. The van der Waals surface area contributed by atoms with Crippen molar-refractivity contribution in [2.75, 3.05) is 11.6 Å². The first-order valence-electron chi connectivity index (χ1n) is 8.55. The Bertz CT molecular complexity index is 942. The van der Waals surface area contributed by atoms with Gasteiger partial charge in [0.2, 0.25) is 0 Å². The van der Waals surface area contributed by atoms with E-state index in [0.29, 0.717) is 22.8 Å². The number of carbonyl (C=O) groups is 1. The van der Waals surface area contributed by atoms with Gasteiger partial charge < -0.3 is 4.74 Å². The summed E-state index contributed by atoms with van der Waals surface area (Å²) in [4.78, 5) is 14.3. The van der Waals surface area contributed by atoms with Gasteiger partial charge in [0, 0.05) is 5.69 Å². The molecule has 0 saturated heterocycles. The van der Waals surface area contributed by atoms with E-state index in [1.54, 1.807) is 6.07 Å². The van der Waals surface area contributed by atoms with E-state index in [9.17, 15) is 13.6 Å². The summed E-state index contributed by atoms with van der Waals surface area (Å²) >= 11 is 0. The van der Waals surface area contributed by atoms with Crippen molar-refractivity contribution in [3.63, 3.8) is 0 Å². The fourth-order valence-corrected chi connectivity index (χ4v) is 3.14. The predicted molar refractivity (Wildman–Crippen MR) is 96.0 cm³/mol. The number of fused-ring (bicyclic) bond motifs is 1. The molecule has 7 heteroatoms. The van der Waals surface area contributed by atoms with Crippen LogP contribution in [0.5, 0.6) is 5.75 Å². The Balaban J connectivity index is 1.58. The highest BCUT2D eigenvalue weighted by atomic mass is 19.1. The molecule has 3 aromatic rings. The number of amides is 1. The predicted octanol–water partition coefficient (Wildman–Crippen LogP) is 3.60. The highest BCUT2D eigenvalue weighted by molar-refractivity contribution is 6.06. The maximum atomic E-state index is 13.6. The van der Waals surface area contributed by atoms with Crippen molar-refractivity contribution >= 4 is 11.6 Å². The van der Waals surface area contributed by atoms with E-state index in [4.69, 9.17) is 4.74 Å². The molecular weight excluding hydrogens is 352 g/mol. The molecule has 1 aromatic heterocycles. The Morgan fingerprint density at radius 1 is 1.11 bits per heavy atom. The molecule has 1 amide bonds. The molecule has 0 spiro atoms. The van der Waals surface area contributed by atoms with Gasteiger partial charge in [0.15, 0.2) is 0 Å². The van der Waals surface area contributed by atoms with Gasteiger partial charge in [-0.3, -0.25) is 14.4 Å². The van der Waals surface area contributed by atoms with Gasteiger partial charge in [-0.05, 0) is 42.5 Å².